The van der Waals surface area contributed by atoms with Gasteiger partial charge in [0.1, 0.15) is 6.54 Å². The Morgan fingerprint density at radius 3 is 2.68 bits per heavy atom. The quantitative estimate of drug-likeness (QED) is 0.695. The van der Waals surface area contributed by atoms with Gasteiger partial charge in [0.15, 0.2) is 0 Å². The minimum atomic E-state index is -0.533. The van der Waals surface area contributed by atoms with E-state index in [9.17, 15) is 9.59 Å². The van der Waals surface area contributed by atoms with Gasteiger partial charge < -0.3 is 10.1 Å². The second-order valence-corrected chi connectivity index (χ2v) is 4.96. The molecule has 0 bridgehead atoms. The van der Waals surface area contributed by atoms with Gasteiger partial charge >= 0.3 is 5.97 Å². The molecule has 1 N–H and O–H groups in total. The lowest BCUT2D eigenvalue weighted by Crippen LogP contribution is -2.22. The van der Waals surface area contributed by atoms with Crippen LogP contribution >= 0.6 is 0 Å². The monoisotopic (exact) mass is 338 g/mol. The van der Waals surface area contributed by atoms with E-state index in [0.717, 1.165) is 5.56 Å². The molecule has 0 spiro atoms. The molecule has 1 amide bonds. The number of tetrazole rings is 1. The van der Waals surface area contributed by atoms with Crippen molar-refractivity contribution in [2.45, 2.75) is 6.54 Å². The summed E-state index contributed by atoms with van der Waals surface area (Å²) in [6.45, 7) is -0.145. The van der Waals surface area contributed by atoms with Crippen LogP contribution in [-0.2, 0) is 16.1 Å². The number of aromatic nitrogens is 5. The van der Waals surface area contributed by atoms with Gasteiger partial charge in [0.25, 0.3) is 0 Å². The highest BCUT2D eigenvalue weighted by Gasteiger charge is 2.14. The summed E-state index contributed by atoms with van der Waals surface area (Å²) in [6, 6.07) is 10.1. The Morgan fingerprint density at radius 1 is 1.16 bits per heavy atom. The van der Waals surface area contributed by atoms with Gasteiger partial charge in [-0.05, 0) is 29.5 Å². The van der Waals surface area contributed by atoms with Crippen molar-refractivity contribution in [3.63, 3.8) is 0 Å². The third-order valence-corrected chi connectivity index (χ3v) is 3.28. The van der Waals surface area contributed by atoms with E-state index in [2.05, 4.69) is 25.7 Å². The molecule has 0 unspecified atom stereocenters. The summed E-state index contributed by atoms with van der Waals surface area (Å²) in [5, 5.41) is 14.6. The second-order valence-electron chi connectivity index (χ2n) is 4.96. The van der Waals surface area contributed by atoms with Crippen LogP contribution in [-0.4, -0.2) is 44.2 Å². The van der Waals surface area contributed by atoms with Crippen molar-refractivity contribution in [2.24, 2.45) is 0 Å². The molecule has 0 fully saturated rings. The van der Waals surface area contributed by atoms with Crippen LogP contribution in [0, 0.1) is 0 Å². The summed E-state index contributed by atoms with van der Waals surface area (Å²) in [7, 11) is 1.28. The molecule has 0 atom stereocenters. The first kappa shape index (κ1) is 16.2. The van der Waals surface area contributed by atoms with E-state index in [1.807, 2.05) is 0 Å². The Hall–Kier alpha value is -3.62. The molecule has 0 aliphatic rings. The maximum atomic E-state index is 12.2. The number of hydrogen-bond acceptors (Lipinski definition) is 7. The normalized spacial score (nSPS) is 10.3. The number of nitrogens with one attached hydrogen (secondary N) is 1. The van der Waals surface area contributed by atoms with Crippen molar-refractivity contribution in [1.29, 1.82) is 0 Å². The Balaban J connectivity index is 1.70. The van der Waals surface area contributed by atoms with Crippen molar-refractivity contribution in [3.05, 3.63) is 54.4 Å². The molecule has 25 heavy (non-hydrogen) atoms. The maximum Gasteiger partial charge on any atom is 0.339 e. The molecule has 126 valence electrons. The molecule has 0 aliphatic carbocycles. The number of amides is 1. The van der Waals surface area contributed by atoms with Crippen LogP contribution in [0.1, 0.15) is 10.4 Å². The van der Waals surface area contributed by atoms with Gasteiger partial charge in [-0.2, -0.15) is 4.80 Å². The fraction of sp³-hybridized carbons (Fsp3) is 0.125. The standard InChI is InChI=1S/C16H14N6O3/c1-25-16(24)12-4-2-3-5-13(12)18-14(23)10-22-20-15(19-21-22)11-6-8-17-9-7-11/h2-9H,10H2,1H3,(H,18,23). The average molecular weight is 338 g/mol. The number of hydrogen-bond donors (Lipinski definition) is 1. The fourth-order valence-electron chi connectivity index (χ4n) is 2.13. The minimum Gasteiger partial charge on any atom is -0.465 e. The molecular formula is C16H14N6O3. The topological polar surface area (TPSA) is 112 Å². The van der Waals surface area contributed by atoms with E-state index >= 15 is 0 Å². The first-order chi connectivity index (χ1) is 12.2. The number of benzene rings is 1. The minimum absolute atomic E-state index is 0.145. The predicted octanol–water partition coefficient (Wildman–Crippen LogP) is 1.16. The van der Waals surface area contributed by atoms with E-state index in [-0.39, 0.29) is 12.1 Å². The van der Waals surface area contributed by atoms with E-state index in [0.29, 0.717) is 11.5 Å². The number of nitrogens with zero attached hydrogens (tertiary/aromatic N) is 5. The van der Waals surface area contributed by atoms with E-state index in [1.165, 1.54) is 11.9 Å². The van der Waals surface area contributed by atoms with Gasteiger partial charge in [-0.25, -0.2) is 4.79 Å². The number of esters is 1. The van der Waals surface area contributed by atoms with Gasteiger partial charge in [-0.3, -0.25) is 9.78 Å². The van der Waals surface area contributed by atoms with Crippen molar-refractivity contribution in [3.8, 4) is 11.4 Å². The fourth-order valence-corrected chi connectivity index (χ4v) is 2.13. The van der Waals surface area contributed by atoms with Crippen LogP contribution in [0.15, 0.2) is 48.8 Å². The van der Waals surface area contributed by atoms with Crippen LogP contribution in [0.25, 0.3) is 11.4 Å². The zero-order valence-electron chi connectivity index (χ0n) is 13.3. The van der Waals surface area contributed by atoms with Crippen LogP contribution in [0.3, 0.4) is 0 Å². The lowest BCUT2D eigenvalue weighted by Gasteiger charge is -2.08. The lowest BCUT2D eigenvalue weighted by molar-refractivity contribution is -0.117. The molecule has 3 aromatic rings. The first-order valence-electron chi connectivity index (χ1n) is 7.33. The van der Waals surface area contributed by atoms with E-state index in [4.69, 9.17) is 4.74 Å². The third kappa shape index (κ3) is 3.83. The highest BCUT2D eigenvalue weighted by Crippen LogP contribution is 2.16. The Bertz CT molecular complexity index is 894. The number of anilines is 1. The first-order valence-corrected chi connectivity index (χ1v) is 7.33. The number of carbonyl (C=O) groups excluding carboxylic acids is 2. The van der Waals surface area contributed by atoms with Crippen LogP contribution in [0.2, 0.25) is 0 Å². The Labute approximate surface area is 142 Å². The average Bonchev–Trinajstić information content (AvgIpc) is 3.10. The van der Waals surface area contributed by atoms with Crippen molar-refractivity contribution in [1.82, 2.24) is 25.2 Å². The molecule has 0 saturated heterocycles. The summed E-state index contributed by atoms with van der Waals surface area (Å²) >= 11 is 0. The van der Waals surface area contributed by atoms with Crippen LogP contribution in [0.4, 0.5) is 5.69 Å². The SMILES string of the molecule is COC(=O)c1ccccc1NC(=O)Cn1nnc(-c2ccncc2)n1. The molecular weight excluding hydrogens is 324 g/mol. The smallest absolute Gasteiger partial charge is 0.339 e. The number of pyridine rings is 1. The Kier molecular flexibility index (Phi) is 4.74. The molecule has 3 rings (SSSR count). The van der Waals surface area contributed by atoms with Crippen LogP contribution < -0.4 is 5.32 Å². The van der Waals surface area contributed by atoms with Gasteiger partial charge in [0.2, 0.25) is 11.7 Å². The predicted molar refractivity (Wildman–Crippen MR) is 87.5 cm³/mol. The highest BCUT2D eigenvalue weighted by atomic mass is 16.5. The zero-order valence-corrected chi connectivity index (χ0v) is 13.3. The maximum absolute atomic E-state index is 12.2. The molecule has 9 heteroatoms. The molecule has 9 nitrogen and oxygen atoms in total. The van der Waals surface area contributed by atoms with Crippen molar-refractivity contribution in [2.75, 3.05) is 12.4 Å². The number of ether oxygens (including phenoxy) is 1. The summed E-state index contributed by atoms with van der Waals surface area (Å²) in [5.41, 5.74) is 1.37. The molecule has 0 radical (unpaired) electrons. The summed E-state index contributed by atoms with van der Waals surface area (Å²) < 4.78 is 4.69. The van der Waals surface area contributed by atoms with Crippen molar-refractivity contribution >= 4 is 17.6 Å². The van der Waals surface area contributed by atoms with Gasteiger partial charge in [-0.15, -0.1) is 10.2 Å². The van der Waals surface area contributed by atoms with Gasteiger partial charge in [0.05, 0.1) is 18.4 Å². The van der Waals surface area contributed by atoms with Crippen molar-refractivity contribution < 1.29 is 14.3 Å². The molecule has 2 heterocycles. The summed E-state index contributed by atoms with van der Waals surface area (Å²) in [5.74, 6) is -0.532. The number of rotatable bonds is 5. The highest BCUT2D eigenvalue weighted by molar-refractivity contribution is 6.01. The zero-order chi connectivity index (χ0) is 17.6. The summed E-state index contributed by atoms with van der Waals surface area (Å²) in [6.07, 6.45) is 3.24. The summed E-state index contributed by atoms with van der Waals surface area (Å²) in [4.78, 5) is 29.0. The second kappa shape index (κ2) is 7.30. The van der Waals surface area contributed by atoms with E-state index in [1.54, 1.807) is 48.8 Å². The van der Waals surface area contributed by atoms with E-state index < -0.39 is 11.9 Å². The number of carbonyl (C=O) groups is 2. The molecule has 1 aromatic carbocycles. The number of para-hydroxylation sites is 1. The lowest BCUT2D eigenvalue weighted by atomic mass is 10.2. The van der Waals surface area contributed by atoms with Gasteiger partial charge in [-0.1, -0.05) is 12.1 Å². The molecule has 0 aliphatic heterocycles. The van der Waals surface area contributed by atoms with Crippen LogP contribution in [0.5, 0.6) is 0 Å². The largest absolute Gasteiger partial charge is 0.465 e. The molecule has 0 saturated carbocycles. The third-order valence-electron chi connectivity index (χ3n) is 3.28. The molecule has 2 aromatic heterocycles. The Morgan fingerprint density at radius 2 is 1.92 bits per heavy atom. The van der Waals surface area contributed by atoms with Gasteiger partial charge in [0, 0.05) is 18.0 Å². The number of methoxy groups -OCH3 is 1.